The van der Waals surface area contributed by atoms with Gasteiger partial charge in [-0.15, -0.1) is 0 Å². The molecule has 1 heterocycles. The summed E-state index contributed by atoms with van der Waals surface area (Å²) in [4.78, 5) is 0. The normalized spacial score (nSPS) is 12.3. The Balaban J connectivity index is 1.94. The number of benzene rings is 3. The molecule has 4 rings (SSSR count). The third-order valence-corrected chi connectivity index (χ3v) is 5.47. The van der Waals surface area contributed by atoms with Crippen LogP contribution in [0.5, 0.6) is 5.75 Å². The summed E-state index contributed by atoms with van der Waals surface area (Å²) < 4.78 is 19.5. The van der Waals surface area contributed by atoms with Crippen LogP contribution < -0.4 is 4.74 Å². The van der Waals surface area contributed by atoms with E-state index in [4.69, 9.17) is 16.3 Å². The monoisotopic (exact) mass is 434 g/mol. The van der Waals surface area contributed by atoms with Gasteiger partial charge in [0.25, 0.3) is 0 Å². The third-order valence-electron chi connectivity index (χ3n) is 5.16. The van der Waals surface area contributed by atoms with Gasteiger partial charge in [0.1, 0.15) is 11.6 Å². The van der Waals surface area contributed by atoms with Crippen LogP contribution in [0, 0.1) is 5.82 Å². The minimum atomic E-state index is -0.347. The molecule has 0 fully saturated rings. The summed E-state index contributed by atoms with van der Waals surface area (Å²) in [7, 11) is 0. The fourth-order valence-corrected chi connectivity index (χ4v) is 4.10. The van der Waals surface area contributed by atoms with Crippen LogP contribution in [0.25, 0.3) is 22.0 Å². The van der Waals surface area contributed by atoms with Gasteiger partial charge in [-0.2, -0.15) is 5.10 Å². The highest BCUT2D eigenvalue weighted by molar-refractivity contribution is 6.32. The molecule has 4 aromatic rings. The molecule has 31 heavy (non-hydrogen) atoms. The van der Waals surface area contributed by atoms with Crippen LogP contribution in [-0.2, 0) is 0 Å². The molecule has 0 aliphatic rings. The van der Waals surface area contributed by atoms with Gasteiger partial charge in [0.15, 0.2) is 0 Å². The van der Waals surface area contributed by atoms with Crippen molar-refractivity contribution in [2.24, 2.45) is 0 Å². The first-order valence-corrected chi connectivity index (χ1v) is 10.7. The molecular formula is C26H24ClFN2O. The third kappa shape index (κ3) is 4.49. The molecule has 0 bridgehead atoms. The summed E-state index contributed by atoms with van der Waals surface area (Å²) in [6.07, 6.45) is 2.65. The largest absolute Gasteiger partial charge is 0.491 e. The Morgan fingerprint density at radius 3 is 2.45 bits per heavy atom. The molecule has 5 heteroatoms. The molecule has 0 aliphatic carbocycles. The first-order valence-electron chi connectivity index (χ1n) is 10.4. The molecule has 0 unspecified atom stereocenters. The Kier molecular flexibility index (Phi) is 6.10. The lowest BCUT2D eigenvalue weighted by atomic mass is 9.87. The Morgan fingerprint density at radius 2 is 1.77 bits per heavy atom. The lowest BCUT2D eigenvalue weighted by Gasteiger charge is -2.18. The van der Waals surface area contributed by atoms with Gasteiger partial charge in [-0.3, -0.25) is 5.10 Å². The summed E-state index contributed by atoms with van der Waals surface area (Å²) >= 11 is 6.47. The first-order chi connectivity index (χ1) is 15.0. The van der Waals surface area contributed by atoms with E-state index in [0.717, 1.165) is 50.9 Å². The van der Waals surface area contributed by atoms with Crippen molar-refractivity contribution < 1.29 is 9.13 Å². The maximum Gasteiger partial charge on any atom is 0.124 e. The van der Waals surface area contributed by atoms with Crippen LogP contribution in [0.1, 0.15) is 43.9 Å². The van der Waals surface area contributed by atoms with Crippen molar-refractivity contribution in [3.63, 3.8) is 0 Å². The van der Waals surface area contributed by atoms with Crippen LogP contribution in [0.4, 0.5) is 4.39 Å². The number of H-pyrrole nitrogens is 1. The van der Waals surface area contributed by atoms with Crippen LogP contribution >= 0.6 is 11.6 Å². The number of allylic oxidation sites excluding steroid dienone is 1. The van der Waals surface area contributed by atoms with Crippen molar-refractivity contribution in [2.45, 2.75) is 33.3 Å². The van der Waals surface area contributed by atoms with Crippen LogP contribution in [-0.4, -0.2) is 16.3 Å². The van der Waals surface area contributed by atoms with E-state index in [-0.39, 0.29) is 11.9 Å². The Labute approximate surface area is 186 Å². The maximum absolute atomic E-state index is 13.7. The smallest absolute Gasteiger partial charge is 0.124 e. The molecule has 0 aliphatic heterocycles. The van der Waals surface area contributed by atoms with Gasteiger partial charge in [-0.25, -0.2) is 4.39 Å². The van der Waals surface area contributed by atoms with E-state index in [1.807, 2.05) is 38.2 Å². The predicted octanol–water partition coefficient (Wildman–Crippen LogP) is 7.51. The van der Waals surface area contributed by atoms with Gasteiger partial charge >= 0.3 is 0 Å². The second-order valence-electron chi connectivity index (χ2n) is 7.69. The van der Waals surface area contributed by atoms with Crippen LogP contribution in [0.15, 0.2) is 66.9 Å². The molecule has 3 aromatic carbocycles. The average molecular weight is 435 g/mol. The number of halogens is 2. The predicted molar refractivity (Wildman–Crippen MR) is 126 cm³/mol. The first kappa shape index (κ1) is 21.1. The summed E-state index contributed by atoms with van der Waals surface area (Å²) in [6.45, 7) is 6.10. The number of hydrogen-bond donors (Lipinski definition) is 1. The molecular weight excluding hydrogens is 411 g/mol. The number of nitrogens with one attached hydrogen (secondary N) is 1. The molecule has 0 saturated carbocycles. The van der Waals surface area contributed by atoms with E-state index >= 15 is 0 Å². The Bertz CT molecular complexity index is 1240. The number of hydrogen-bond acceptors (Lipinski definition) is 2. The maximum atomic E-state index is 13.7. The van der Waals surface area contributed by atoms with Gasteiger partial charge in [0.05, 0.1) is 22.8 Å². The van der Waals surface area contributed by atoms with Crippen molar-refractivity contribution in [1.29, 1.82) is 0 Å². The lowest BCUT2D eigenvalue weighted by molar-refractivity contribution is 0.242. The second kappa shape index (κ2) is 8.94. The van der Waals surface area contributed by atoms with Crippen molar-refractivity contribution in [3.05, 3.63) is 94.4 Å². The van der Waals surface area contributed by atoms with Gasteiger partial charge in [0.2, 0.25) is 0 Å². The minimum absolute atomic E-state index is 0.105. The quantitative estimate of drug-likeness (QED) is 0.319. The zero-order valence-electron chi connectivity index (χ0n) is 17.7. The summed E-state index contributed by atoms with van der Waals surface area (Å²) in [5.74, 6) is 0.474. The number of nitrogens with zero attached hydrogens (tertiary/aromatic N) is 1. The highest BCUT2D eigenvalue weighted by atomic mass is 35.5. The molecule has 158 valence electrons. The number of fused-ring (bicyclic) bond motifs is 1. The number of aromatic nitrogens is 2. The second-order valence-corrected chi connectivity index (χ2v) is 8.10. The minimum Gasteiger partial charge on any atom is -0.491 e. The zero-order chi connectivity index (χ0) is 22.0. The summed E-state index contributed by atoms with van der Waals surface area (Å²) in [5, 5.41) is 8.56. The van der Waals surface area contributed by atoms with Crippen molar-refractivity contribution >= 4 is 33.7 Å². The highest BCUT2D eigenvalue weighted by Gasteiger charge is 2.16. The van der Waals surface area contributed by atoms with E-state index in [9.17, 15) is 4.39 Å². The van der Waals surface area contributed by atoms with Crippen molar-refractivity contribution in [1.82, 2.24) is 10.2 Å². The molecule has 0 radical (unpaired) electrons. The van der Waals surface area contributed by atoms with Gasteiger partial charge in [-0.05, 0) is 84.5 Å². The number of rotatable bonds is 6. The SMILES string of the molecule is CC/C(=C(/c1ccc(OC(C)C)cc1)c1ccc2[nH]ncc2c1)c1ccc(F)cc1Cl. The molecule has 1 aromatic heterocycles. The van der Waals surface area contributed by atoms with E-state index < -0.39 is 0 Å². The topological polar surface area (TPSA) is 37.9 Å². The molecule has 0 spiro atoms. The lowest BCUT2D eigenvalue weighted by Crippen LogP contribution is -2.05. The van der Waals surface area contributed by atoms with Crippen LogP contribution in [0.3, 0.4) is 0 Å². The number of ether oxygens (including phenoxy) is 1. The zero-order valence-corrected chi connectivity index (χ0v) is 18.5. The highest BCUT2D eigenvalue weighted by Crippen LogP contribution is 2.38. The fraction of sp³-hybridized carbons (Fsp3) is 0.192. The van der Waals surface area contributed by atoms with E-state index in [1.54, 1.807) is 6.07 Å². The van der Waals surface area contributed by atoms with E-state index in [1.165, 1.54) is 12.1 Å². The van der Waals surface area contributed by atoms with E-state index in [2.05, 4.69) is 41.4 Å². The van der Waals surface area contributed by atoms with Gasteiger partial charge < -0.3 is 4.74 Å². The Hall–Kier alpha value is -3.11. The standard InChI is InChI=1S/C26H24ClFN2O/c1-4-22(23-11-8-20(28)14-24(23)27)26(17-5-9-21(10-6-17)31-16(2)3)18-7-12-25-19(13-18)15-29-30-25/h5-16H,4H2,1-3H3,(H,29,30)/b26-22+. The van der Waals surface area contributed by atoms with Crippen molar-refractivity contribution in [2.75, 3.05) is 0 Å². The van der Waals surface area contributed by atoms with Gasteiger partial charge in [0, 0.05) is 5.39 Å². The molecule has 0 atom stereocenters. The van der Waals surface area contributed by atoms with E-state index in [0.29, 0.717) is 5.02 Å². The van der Waals surface area contributed by atoms with Crippen LogP contribution in [0.2, 0.25) is 5.02 Å². The average Bonchev–Trinajstić information content (AvgIpc) is 3.21. The molecule has 3 nitrogen and oxygen atoms in total. The molecule has 0 saturated heterocycles. The summed E-state index contributed by atoms with van der Waals surface area (Å²) in [6, 6.07) is 18.8. The molecule has 1 N–H and O–H groups in total. The fourth-order valence-electron chi connectivity index (χ4n) is 3.82. The van der Waals surface area contributed by atoms with Gasteiger partial charge in [-0.1, -0.05) is 42.8 Å². The Morgan fingerprint density at radius 1 is 1.03 bits per heavy atom. The summed E-state index contributed by atoms with van der Waals surface area (Å²) in [5.41, 5.74) is 5.98. The molecule has 0 amide bonds. The van der Waals surface area contributed by atoms with Crippen molar-refractivity contribution in [3.8, 4) is 5.75 Å². The number of aromatic amines is 1.